The number of Topliss-reactive ketones (excluding diaryl/α,β-unsaturated/α-hetero) is 1. The molecule has 2 aromatic carbocycles. The van der Waals surface area contributed by atoms with Gasteiger partial charge in [-0.15, -0.1) is 0 Å². The van der Waals surface area contributed by atoms with Crippen LogP contribution in [-0.4, -0.2) is 34.0 Å². The Kier molecular flexibility index (Phi) is 4.88. The Bertz CT molecular complexity index is 1060. The maximum Gasteiger partial charge on any atom is 0.345 e. The van der Waals surface area contributed by atoms with Crippen LogP contribution in [0.15, 0.2) is 57.7 Å². The minimum absolute atomic E-state index is 0.0290. The molecule has 1 atom stereocenters. The molecule has 1 aliphatic rings. The van der Waals surface area contributed by atoms with Gasteiger partial charge in [-0.05, 0) is 62.3 Å². The van der Waals surface area contributed by atoms with Crippen molar-refractivity contribution in [3.05, 3.63) is 70.1 Å². The van der Waals surface area contributed by atoms with Crippen LogP contribution < -0.4 is 5.63 Å². The summed E-state index contributed by atoms with van der Waals surface area (Å²) in [6, 6.07) is 11.7. The molecule has 3 aromatic rings. The number of piperidine rings is 1. The molecule has 0 spiro atoms. The highest BCUT2D eigenvalue weighted by Gasteiger charge is 2.35. The van der Waals surface area contributed by atoms with Gasteiger partial charge in [0.2, 0.25) is 0 Å². The maximum absolute atomic E-state index is 13.4. The fraction of sp³-hybridized carbons (Fsp3) is 0.273. The van der Waals surface area contributed by atoms with Gasteiger partial charge >= 0.3 is 5.63 Å². The molecule has 6 nitrogen and oxygen atoms in total. The summed E-state index contributed by atoms with van der Waals surface area (Å²) in [6.45, 7) is 1.31. The van der Waals surface area contributed by atoms with Gasteiger partial charge in [-0.25, -0.2) is 4.79 Å². The minimum atomic E-state index is -0.939. The lowest BCUT2D eigenvalue weighted by Gasteiger charge is -2.33. The highest BCUT2D eigenvalue weighted by Crippen LogP contribution is 2.35. The van der Waals surface area contributed by atoms with Crippen molar-refractivity contribution in [2.45, 2.75) is 25.3 Å². The third-order valence-corrected chi connectivity index (χ3v) is 5.25. The molecular formula is C22H21NO5. The van der Waals surface area contributed by atoms with E-state index in [2.05, 4.69) is 0 Å². The first-order valence-corrected chi connectivity index (χ1v) is 9.38. The number of carbonyl (C=O) groups is 1. The summed E-state index contributed by atoms with van der Waals surface area (Å²) in [5, 5.41) is 20.8. The number of para-hydroxylation sites is 1. The standard InChI is InChI=1S/C22H21NO5/c24-15-10-8-14(9-11-15)20(25)19(23-12-4-1-5-13-23)18-21(26)16-6-2-3-7-17(16)28-22(18)27/h2-3,6-11,19,24,26H,1,4-5,12-13H2. The minimum Gasteiger partial charge on any atom is -0.508 e. The zero-order valence-corrected chi connectivity index (χ0v) is 15.3. The van der Waals surface area contributed by atoms with Gasteiger partial charge < -0.3 is 14.6 Å². The highest BCUT2D eigenvalue weighted by atomic mass is 16.4. The lowest BCUT2D eigenvalue weighted by Crippen LogP contribution is -2.40. The van der Waals surface area contributed by atoms with Gasteiger partial charge in [0.25, 0.3) is 0 Å². The summed E-state index contributed by atoms with van der Waals surface area (Å²) in [4.78, 5) is 28.1. The summed E-state index contributed by atoms with van der Waals surface area (Å²) in [5.41, 5.74) is -0.0962. The largest absolute Gasteiger partial charge is 0.508 e. The Morgan fingerprint density at radius 3 is 2.36 bits per heavy atom. The predicted octanol–water partition coefficient (Wildman–Crippen LogP) is 3.61. The Hall–Kier alpha value is -3.12. The quantitative estimate of drug-likeness (QED) is 0.532. The second-order valence-electron chi connectivity index (χ2n) is 7.06. The van der Waals surface area contributed by atoms with Crippen molar-refractivity contribution in [2.24, 2.45) is 0 Å². The fourth-order valence-corrected chi connectivity index (χ4v) is 3.83. The molecule has 1 unspecified atom stereocenters. The van der Waals surface area contributed by atoms with Crippen molar-refractivity contribution in [1.82, 2.24) is 4.90 Å². The van der Waals surface area contributed by atoms with E-state index >= 15 is 0 Å². The highest BCUT2D eigenvalue weighted by molar-refractivity contribution is 6.02. The van der Waals surface area contributed by atoms with Gasteiger partial charge in [-0.1, -0.05) is 18.6 Å². The number of phenols is 1. The van der Waals surface area contributed by atoms with Gasteiger partial charge in [0, 0.05) is 5.56 Å². The molecule has 0 amide bonds. The van der Waals surface area contributed by atoms with Gasteiger partial charge in [-0.3, -0.25) is 9.69 Å². The van der Waals surface area contributed by atoms with Crippen LogP contribution in [-0.2, 0) is 0 Å². The number of carbonyl (C=O) groups excluding carboxylic acids is 1. The molecule has 1 aromatic heterocycles. The zero-order valence-electron chi connectivity index (χ0n) is 15.3. The number of hydrogen-bond donors (Lipinski definition) is 2. The Morgan fingerprint density at radius 2 is 1.64 bits per heavy atom. The molecular weight excluding hydrogens is 358 g/mol. The molecule has 0 radical (unpaired) electrons. The summed E-state index contributed by atoms with van der Waals surface area (Å²) >= 11 is 0. The number of fused-ring (bicyclic) bond motifs is 1. The molecule has 2 N–H and O–H groups in total. The molecule has 0 aliphatic carbocycles. The summed E-state index contributed by atoms with van der Waals surface area (Å²) in [6.07, 6.45) is 2.90. The van der Waals surface area contributed by atoms with Crippen molar-refractivity contribution in [1.29, 1.82) is 0 Å². The first-order valence-electron chi connectivity index (χ1n) is 9.38. The molecule has 0 saturated carbocycles. The van der Waals surface area contributed by atoms with Crippen molar-refractivity contribution in [2.75, 3.05) is 13.1 Å². The van der Waals surface area contributed by atoms with Crippen LogP contribution in [0.4, 0.5) is 0 Å². The van der Waals surface area contributed by atoms with Crippen LogP contribution in [0.1, 0.15) is 41.2 Å². The van der Waals surface area contributed by atoms with Crippen LogP contribution in [0.2, 0.25) is 0 Å². The predicted molar refractivity (Wildman–Crippen MR) is 105 cm³/mol. The number of likely N-dealkylation sites (tertiary alicyclic amines) is 1. The smallest absolute Gasteiger partial charge is 0.345 e. The van der Waals surface area contributed by atoms with Crippen LogP contribution >= 0.6 is 0 Å². The van der Waals surface area contributed by atoms with Crippen LogP contribution in [0.25, 0.3) is 11.0 Å². The molecule has 6 heteroatoms. The van der Waals surface area contributed by atoms with Crippen molar-refractivity contribution >= 4 is 16.8 Å². The van der Waals surface area contributed by atoms with Crippen molar-refractivity contribution in [3.8, 4) is 11.5 Å². The van der Waals surface area contributed by atoms with E-state index < -0.39 is 11.7 Å². The van der Waals surface area contributed by atoms with Gasteiger partial charge in [-0.2, -0.15) is 0 Å². The van der Waals surface area contributed by atoms with Crippen molar-refractivity contribution in [3.63, 3.8) is 0 Å². The third-order valence-electron chi connectivity index (χ3n) is 5.25. The van der Waals surface area contributed by atoms with E-state index in [0.717, 1.165) is 19.3 Å². The topological polar surface area (TPSA) is 91.0 Å². The summed E-state index contributed by atoms with van der Waals surface area (Å²) in [5.74, 6) is -0.464. The van der Waals surface area contributed by atoms with Gasteiger partial charge in [0.15, 0.2) is 5.78 Å². The Labute approximate surface area is 161 Å². The molecule has 28 heavy (non-hydrogen) atoms. The monoisotopic (exact) mass is 379 g/mol. The molecule has 4 rings (SSSR count). The zero-order chi connectivity index (χ0) is 19.7. The van der Waals surface area contributed by atoms with E-state index in [1.807, 2.05) is 4.90 Å². The molecule has 1 aliphatic heterocycles. The van der Waals surface area contributed by atoms with Gasteiger partial charge in [0.1, 0.15) is 28.7 Å². The molecule has 0 bridgehead atoms. The number of aromatic hydroxyl groups is 2. The second kappa shape index (κ2) is 7.48. The molecule has 1 saturated heterocycles. The number of nitrogens with zero attached hydrogens (tertiary/aromatic N) is 1. The summed E-state index contributed by atoms with van der Waals surface area (Å²) in [7, 11) is 0. The van der Waals surface area contributed by atoms with Crippen molar-refractivity contribution < 1.29 is 19.4 Å². The number of rotatable bonds is 4. The lowest BCUT2D eigenvalue weighted by molar-refractivity contribution is 0.0773. The van der Waals surface area contributed by atoms with Crippen LogP contribution in [0.5, 0.6) is 11.5 Å². The fourth-order valence-electron chi connectivity index (χ4n) is 3.83. The first kappa shape index (κ1) is 18.3. The van der Waals surface area contributed by atoms with E-state index in [0.29, 0.717) is 24.0 Å². The van der Waals surface area contributed by atoms with E-state index in [1.165, 1.54) is 24.3 Å². The Morgan fingerprint density at radius 1 is 0.964 bits per heavy atom. The average molecular weight is 379 g/mol. The molecule has 2 heterocycles. The number of phenolic OH excluding ortho intramolecular Hbond substituents is 1. The van der Waals surface area contributed by atoms with E-state index in [1.54, 1.807) is 24.3 Å². The lowest BCUT2D eigenvalue weighted by atomic mass is 9.93. The first-order chi connectivity index (χ1) is 13.6. The maximum atomic E-state index is 13.4. The SMILES string of the molecule is O=C(c1ccc(O)cc1)C(c1c(O)c2ccccc2oc1=O)N1CCCCC1. The number of benzene rings is 2. The van der Waals surface area contributed by atoms with Crippen LogP contribution in [0, 0.1) is 0 Å². The number of ketones is 1. The third kappa shape index (κ3) is 3.27. The second-order valence-corrected chi connectivity index (χ2v) is 7.06. The normalized spacial score (nSPS) is 16.1. The van der Waals surface area contributed by atoms with Gasteiger partial charge in [0.05, 0.1) is 5.39 Å². The van der Waals surface area contributed by atoms with E-state index in [9.17, 15) is 19.8 Å². The molecule has 1 fully saturated rings. The Balaban J connectivity index is 1.88. The average Bonchev–Trinajstić information content (AvgIpc) is 2.72. The summed E-state index contributed by atoms with van der Waals surface area (Å²) < 4.78 is 5.42. The number of hydrogen-bond acceptors (Lipinski definition) is 6. The van der Waals surface area contributed by atoms with Crippen LogP contribution in [0.3, 0.4) is 0 Å². The van der Waals surface area contributed by atoms with E-state index in [-0.39, 0.29) is 28.4 Å². The van der Waals surface area contributed by atoms with E-state index in [4.69, 9.17) is 4.42 Å². The molecule has 144 valence electrons.